The number of nitrogens with zero attached hydrogens (tertiary/aromatic N) is 5. The van der Waals surface area contributed by atoms with Gasteiger partial charge in [-0.25, -0.2) is 4.68 Å². The van der Waals surface area contributed by atoms with Crippen LogP contribution in [-0.2, 0) is 28.3 Å². The largest absolute Gasteiger partial charge is 0.435 e. The van der Waals surface area contributed by atoms with Crippen LogP contribution in [0.3, 0.4) is 0 Å². The number of anilines is 1. The third-order valence-corrected chi connectivity index (χ3v) is 6.85. The minimum atomic E-state index is -4.83. The Morgan fingerprint density at radius 1 is 1.20 bits per heavy atom. The van der Waals surface area contributed by atoms with E-state index in [1.54, 1.807) is 23.7 Å². The third kappa shape index (κ3) is 6.02. The number of rotatable bonds is 10. The summed E-state index contributed by atoms with van der Waals surface area (Å²) in [4.78, 5) is 24.5. The summed E-state index contributed by atoms with van der Waals surface area (Å²) in [6.07, 6.45) is -2.26. The van der Waals surface area contributed by atoms with Gasteiger partial charge in [0.05, 0.1) is 12.3 Å². The summed E-state index contributed by atoms with van der Waals surface area (Å²) < 4.78 is 49.9. The maximum atomic E-state index is 14.4. The average Bonchev–Trinajstić information content (AvgIpc) is 3.53. The van der Waals surface area contributed by atoms with Gasteiger partial charge in [0.2, 0.25) is 0 Å². The zero-order valence-electron chi connectivity index (χ0n) is 22.2. The van der Waals surface area contributed by atoms with Gasteiger partial charge < -0.3 is 9.57 Å². The number of halogens is 5. The highest BCUT2D eigenvalue weighted by molar-refractivity contribution is 6.34. The topological polar surface area (TPSA) is 81.8 Å². The van der Waals surface area contributed by atoms with Crippen molar-refractivity contribution in [2.75, 3.05) is 18.6 Å². The Hall–Kier alpha value is -3.67. The first-order chi connectivity index (χ1) is 19.4. The average molecular weight is 608 g/mol. The number of aryl methyl sites for hydroxylation is 1. The Kier molecular flexibility index (Phi) is 8.91. The maximum Gasteiger partial charge on any atom is 0.435 e. The molecule has 2 aromatic carbocycles. The van der Waals surface area contributed by atoms with Crippen molar-refractivity contribution in [1.29, 1.82) is 0 Å². The zero-order valence-corrected chi connectivity index (χ0v) is 23.7. The molecule has 0 spiro atoms. The van der Waals surface area contributed by atoms with E-state index >= 15 is 0 Å². The van der Waals surface area contributed by atoms with Crippen molar-refractivity contribution in [3.8, 4) is 0 Å². The number of aromatic nitrogens is 3. The molecule has 1 atom stereocenters. The SMILES string of the molecule is C=CCN(C(=O)c1ccc(C2=NOC(c3cc(Cl)cc(Cl)c3)(C(F)(F)F)C2)cc1C)c1nc(COC)n(CC=C)n1. The number of ether oxygens (including phenoxy) is 1. The number of carbonyl (C=O) groups is 1. The van der Waals surface area contributed by atoms with Crippen molar-refractivity contribution in [1.82, 2.24) is 14.8 Å². The Bertz CT molecular complexity index is 1500. The first-order valence-electron chi connectivity index (χ1n) is 12.3. The smallest absolute Gasteiger partial charge is 0.377 e. The van der Waals surface area contributed by atoms with Gasteiger partial charge in [-0.2, -0.15) is 18.2 Å². The van der Waals surface area contributed by atoms with Gasteiger partial charge in [0.1, 0.15) is 6.61 Å². The van der Waals surface area contributed by atoms with Crippen LogP contribution in [0.5, 0.6) is 0 Å². The van der Waals surface area contributed by atoms with Crippen molar-refractivity contribution in [3.63, 3.8) is 0 Å². The van der Waals surface area contributed by atoms with E-state index in [1.807, 2.05) is 0 Å². The van der Waals surface area contributed by atoms with Gasteiger partial charge in [-0.15, -0.1) is 18.3 Å². The molecule has 0 radical (unpaired) electrons. The summed E-state index contributed by atoms with van der Waals surface area (Å²) in [5, 5.41) is 8.29. The van der Waals surface area contributed by atoms with E-state index in [1.165, 1.54) is 36.3 Å². The van der Waals surface area contributed by atoms with Gasteiger partial charge in [0.15, 0.2) is 5.82 Å². The molecular weight excluding hydrogens is 582 g/mol. The molecule has 0 bridgehead atoms. The molecule has 0 fully saturated rings. The highest BCUT2D eigenvalue weighted by Crippen LogP contribution is 2.49. The van der Waals surface area contributed by atoms with Crippen molar-refractivity contribution in [3.05, 3.63) is 99.8 Å². The lowest BCUT2D eigenvalue weighted by Crippen LogP contribution is -2.42. The summed E-state index contributed by atoms with van der Waals surface area (Å²) in [5.41, 5.74) is -1.81. The summed E-state index contributed by atoms with van der Waals surface area (Å²) in [6.45, 7) is 9.76. The third-order valence-electron chi connectivity index (χ3n) is 6.42. The molecule has 1 aliphatic heterocycles. The van der Waals surface area contributed by atoms with Crippen LogP contribution >= 0.6 is 23.2 Å². The fourth-order valence-corrected chi connectivity index (χ4v) is 4.96. The molecule has 216 valence electrons. The van der Waals surface area contributed by atoms with E-state index in [9.17, 15) is 18.0 Å². The predicted molar refractivity (Wildman–Crippen MR) is 150 cm³/mol. The number of hydrogen-bond donors (Lipinski definition) is 0. The number of methoxy groups -OCH3 is 1. The fourth-order valence-electron chi connectivity index (χ4n) is 4.44. The van der Waals surface area contributed by atoms with Gasteiger partial charge in [-0.1, -0.05) is 46.6 Å². The van der Waals surface area contributed by atoms with Crippen LogP contribution in [0.4, 0.5) is 19.1 Å². The lowest BCUT2D eigenvalue weighted by atomic mass is 9.86. The number of alkyl halides is 3. The highest BCUT2D eigenvalue weighted by Gasteiger charge is 2.62. The predicted octanol–water partition coefficient (Wildman–Crippen LogP) is 6.64. The van der Waals surface area contributed by atoms with Crippen LogP contribution in [-0.4, -0.2) is 46.2 Å². The number of amides is 1. The Morgan fingerprint density at radius 3 is 2.49 bits per heavy atom. The number of carbonyl (C=O) groups excluding carboxylic acids is 1. The summed E-state index contributed by atoms with van der Waals surface area (Å²) >= 11 is 12.0. The van der Waals surface area contributed by atoms with Crippen LogP contribution in [0.1, 0.15) is 39.3 Å². The molecule has 41 heavy (non-hydrogen) atoms. The monoisotopic (exact) mass is 607 g/mol. The quantitative estimate of drug-likeness (QED) is 0.241. The number of allylic oxidation sites excluding steroid dienone is 1. The van der Waals surface area contributed by atoms with E-state index in [-0.39, 0.29) is 40.4 Å². The van der Waals surface area contributed by atoms with Crippen molar-refractivity contribution in [2.45, 2.75) is 38.3 Å². The summed E-state index contributed by atoms with van der Waals surface area (Å²) in [7, 11) is 1.52. The Morgan fingerprint density at radius 2 is 1.90 bits per heavy atom. The van der Waals surface area contributed by atoms with Crippen LogP contribution in [0.25, 0.3) is 0 Å². The standard InChI is InChI=1S/C28H26Cl2F3N5O3/c1-5-9-37(26-34-24(16-40-4)38(35-26)10-6-2)25(39)22-8-7-18(11-17(22)3)23-15-27(41-36-23,28(31,32)33)19-12-20(29)14-21(30)13-19/h5-8,11-14H,1-2,9-10,15-16H2,3-4H3. The molecule has 1 aliphatic rings. The zero-order chi connectivity index (χ0) is 29.9. The Balaban J connectivity index is 1.64. The molecule has 8 nitrogen and oxygen atoms in total. The molecule has 13 heteroatoms. The second-order valence-electron chi connectivity index (χ2n) is 9.25. The number of benzene rings is 2. The van der Waals surface area contributed by atoms with E-state index in [0.29, 0.717) is 29.1 Å². The second-order valence-corrected chi connectivity index (χ2v) is 10.1. The van der Waals surface area contributed by atoms with Crippen LogP contribution < -0.4 is 4.90 Å². The lowest BCUT2D eigenvalue weighted by Gasteiger charge is -2.29. The minimum Gasteiger partial charge on any atom is -0.377 e. The van der Waals surface area contributed by atoms with Gasteiger partial charge in [0, 0.05) is 41.2 Å². The first-order valence-corrected chi connectivity index (χ1v) is 13.1. The van der Waals surface area contributed by atoms with Crippen LogP contribution in [0, 0.1) is 6.92 Å². The summed E-state index contributed by atoms with van der Waals surface area (Å²) in [6, 6.07) is 8.27. The minimum absolute atomic E-state index is 0.0362. The van der Waals surface area contributed by atoms with Gasteiger partial charge in [0.25, 0.3) is 17.5 Å². The maximum absolute atomic E-state index is 14.4. The van der Waals surface area contributed by atoms with E-state index < -0.39 is 24.1 Å². The molecule has 1 amide bonds. The van der Waals surface area contributed by atoms with Crippen LogP contribution in [0.2, 0.25) is 10.0 Å². The molecule has 0 N–H and O–H groups in total. The van der Waals surface area contributed by atoms with E-state index in [0.717, 1.165) is 12.1 Å². The van der Waals surface area contributed by atoms with E-state index in [4.69, 9.17) is 32.8 Å². The van der Waals surface area contributed by atoms with Gasteiger partial charge in [-0.05, 0) is 48.4 Å². The molecule has 0 aliphatic carbocycles. The lowest BCUT2D eigenvalue weighted by molar-refractivity contribution is -0.275. The van der Waals surface area contributed by atoms with E-state index in [2.05, 4.69) is 28.4 Å². The molecular formula is C28H26Cl2F3N5O3. The molecule has 2 heterocycles. The van der Waals surface area contributed by atoms with Crippen LogP contribution in [0.15, 0.2) is 66.9 Å². The second kappa shape index (κ2) is 12.1. The first kappa shape index (κ1) is 30.3. The Labute approximate surface area is 244 Å². The van der Waals surface area contributed by atoms with Crippen molar-refractivity contribution >= 4 is 40.8 Å². The molecule has 1 unspecified atom stereocenters. The summed E-state index contributed by atoms with van der Waals surface area (Å²) in [5.74, 6) is 0.234. The number of oxime groups is 1. The normalized spacial score (nSPS) is 16.7. The highest BCUT2D eigenvalue weighted by atomic mass is 35.5. The molecule has 1 aromatic heterocycles. The van der Waals surface area contributed by atoms with Crippen molar-refractivity contribution in [2.24, 2.45) is 5.16 Å². The fraction of sp³-hybridized carbons (Fsp3) is 0.286. The van der Waals surface area contributed by atoms with Gasteiger partial charge in [-0.3, -0.25) is 9.69 Å². The molecule has 4 rings (SSSR count). The van der Waals surface area contributed by atoms with Crippen molar-refractivity contribution < 1.29 is 27.5 Å². The van der Waals surface area contributed by atoms with Gasteiger partial charge >= 0.3 is 6.18 Å². The number of hydrogen-bond acceptors (Lipinski definition) is 6. The molecule has 3 aromatic rings. The molecule has 0 saturated carbocycles. The molecule has 0 saturated heterocycles.